The van der Waals surface area contributed by atoms with Crippen LogP contribution in [0.15, 0.2) is 0 Å². The van der Waals surface area contributed by atoms with Crippen molar-refractivity contribution in [1.29, 1.82) is 0 Å². The van der Waals surface area contributed by atoms with E-state index in [1.54, 1.807) is 0 Å². The Hall–Kier alpha value is -0.570. The van der Waals surface area contributed by atoms with Gasteiger partial charge in [-0.1, -0.05) is 25.7 Å². The van der Waals surface area contributed by atoms with Crippen molar-refractivity contribution in [2.45, 2.75) is 76.3 Å². The third-order valence-corrected chi connectivity index (χ3v) is 4.84. The fourth-order valence-corrected chi connectivity index (χ4v) is 3.48. The standard InChI is InChI=1S/C15H28N2O/c1-17(14-6-4-2-3-5-7-14)15(18)12-8-10-13(16)11-9-12/h12-14H,2-11,16H2,1H3. The summed E-state index contributed by atoms with van der Waals surface area (Å²) in [4.78, 5) is 14.6. The lowest BCUT2D eigenvalue weighted by Gasteiger charge is -2.33. The Labute approximate surface area is 111 Å². The molecule has 0 aromatic heterocycles. The van der Waals surface area contributed by atoms with Crippen LogP contribution < -0.4 is 5.73 Å². The van der Waals surface area contributed by atoms with E-state index >= 15 is 0 Å². The summed E-state index contributed by atoms with van der Waals surface area (Å²) in [6.07, 6.45) is 11.7. The van der Waals surface area contributed by atoms with Crippen LogP contribution >= 0.6 is 0 Å². The van der Waals surface area contributed by atoms with E-state index in [1.807, 2.05) is 7.05 Å². The summed E-state index contributed by atoms with van der Waals surface area (Å²) >= 11 is 0. The van der Waals surface area contributed by atoms with Gasteiger partial charge in [0.2, 0.25) is 5.91 Å². The minimum absolute atomic E-state index is 0.248. The smallest absolute Gasteiger partial charge is 0.225 e. The molecule has 0 bridgehead atoms. The van der Waals surface area contributed by atoms with Crippen LogP contribution in [-0.2, 0) is 4.79 Å². The van der Waals surface area contributed by atoms with E-state index in [4.69, 9.17) is 5.73 Å². The first kappa shape index (κ1) is 13.9. The molecule has 18 heavy (non-hydrogen) atoms. The molecule has 3 heteroatoms. The summed E-state index contributed by atoms with van der Waals surface area (Å²) in [6, 6.07) is 0.827. The molecule has 1 amide bonds. The highest BCUT2D eigenvalue weighted by Gasteiger charge is 2.29. The summed E-state index contributed by atoms with van der Waals surface area (Å²) in [6.45, 7) is 0. The van der Waals surface area contributed by atoms with Gasteiger partial charge in [-0.25, -0.2) is 0 Å². The lowest BCUT2D eigenvalue weighted by Crippen LogP contribution is -2.42. The van der Waals surface area contributed by atoms with Gasteiger partial charge < -0.3 is 10.6 Å². The molecule has 0 aromatic carbocycles. The van der Waals surface area contributed by atoms with Crippen LogP contribution in [0.5, 0.6) is 0 Å². The average Bonchev–Trinajstić information content (AvgIpc) is 2.67. The molecule has 0 unspecified atom stereocenters. The molecule has 2 rings (SSSR count). The van der Waals surface area contributed by atoms with Crippen LogP contribution in [0.1, 0.15) is 64.2 Å². The van der Waals surface area contributed by atoms with Crippen molar-refractivity contribution in [3.8, 4) is 0 Å². The zero-order valence-corrected chi connectivity index (χ0v) is 11.7. The monoisotopic (exact) mass is 252 g/mol. The van der Waals surface area contributed by atoms with Crippen molar-refractivity contribution < 1.29 is 4.79 Å². The van der Waals surface area contributed by atoms with Crippen LogP contribution in [0.4, 0.5) is 0 Å². The fraction of sp³-hybridized carbons (Fsp3) is 0.933. The molecular formula is C15H28N2O. The predicted molar refractivity (Wildman–Crippen MR) is 74.2 cm³/mol. The number of carbonyl (C=O) groups is 1. The summed E-state index contributed by atoms with van der Waals surface area (Å²) in [5, 5.41) is 0. The molecule has 104 valence electrons. The number of nitrogens with two attached hydrogens (primary N) is 1. The van der Waals surface area contributed by atoms with E-state index in [0.29, 0.717) is 18.0 Å². The van der Waals surface area contributed by atoms with Gasteiger partial charge in [0, 0.05) is 25.0 Å². The maximum absolute atomic E-state index is 12.5. The largest absolute Gasteiger partial charge is 0.343 e. The SMILES string of the molecule is CN(C(=O)C1CCC(N)CC1)C1CCCCCC1. The highest BCUT2D eigenvalue weighted by atomic mass is 16.2. The van der Waals surface area contributed by atoms with Crippen LogP contribution in [0.2, 0.25) is 0 Å². The normalized spacial score (nSPS) is 30.8. The van der Waals surface area contributed by atoms with Crippen LogP contribution in [-0.4, -0.2) is 29.9 Å². The maximum Gasteiger partial charge on any atom is 0.225 e. The lowest BCUT2D eigenvalue weighted by molar-refractivity contribution is -0.137. The van der Waals surface area contributed by atoms with Gasteiger partial charge in [-0.2, -0.15) is 0 Å². The quantitative estimate of drug-likeness (QED) is 0.768. The van der Waals surface area contributed by atoms with Gasteiger partial charge in [0.05, 0.1) is 0 Å². The second-order valence-corrected chi connectivity index (χ2v) is 6.21. The van der Waals surface area contributed by atoms with Crippen LogP contribution in [0.3, 0.4) is 0 Å². The first-order chi connectivity index (χ1) is 8.68. The van der Waals surface area contributed by atoms with E-state index in [1.165, 1.54) is 38.5 Å². The first-order valence-corrected chi connectivity index (χ1v) is 7.70. The average molecular weight is 252 g/mol. The Balaban J connectivity index is 1.87. The molecule has 2 N–H and O–H groups in total. The van der Waals surface area contributed by atoms with Gasteiger partial charge in [-0.15, -0.1) is 0 Å². The van der Waals surface area contributed by atoms with E-state index in [0.717, 1.165) is 25.7 Å². The van der Waals surface area contributed by atoms with Crippen LogP contribution in [0, 0.1) is 5.92 Å². The first-order valence-electron chi connectivity index (χ1n) is 7.70. The fourth-order valence-electron chi connectivity index (χ4n) is 3.48. The second-order valence-electron chi connectivity index (χ2n) is 6.21. The molecule has 0 spiro atoms. The summed E-state index contributed by atoms with van der Waals surface area (Å²) in [5.74, 6) is 0.631. The Bertz CT molecular complexity index is 264. The van der Waals surface area contributed by atoms with E-state index < -0.39 is 0 Å². The van der Waals surface area contributed by atoms with Crippen molar-refractivity contribution in [2.24, 2.45) is 11.7 Å². The zero-order valence-electron chi connectivity index (χ0n) is 11.7. The molecule has 0 saturated heterocycles. The number of hydrogen-bond donors (Lipinski definition) is 1. The third-order valence-electron chi connectivity index (χ3n) is 4.84. The van der Waals surface area contributed by atoms with E-state index in [9.17, 15) is 4.79 Å². The Morgan fingerprint density at radius 1 is 0.944 bits per heavy atom. The van der Waals surface area contributed by atoms with Crippen molar-refractivity contribution in [2.75, 3.05) is 7.05 Å². The maximum atomic E-state index is 12.5. The molecule has 0 radical (unpaired) electrons. The number of hydrogen-bond acceptors (Lipinski definition) is 2. The Morgan fingerprint density at radius 2 is 1.50 bits per heavy atom. The van der Waals surface area contributed by atoms with Crippen molar-refractivity contribution >= 4 is 5.91 Å². The molecule has 0 heterocycles. The molecule has 2 saturated carbocycles. The summed E-state index contributed by atoms with van der Waals surface area (Å²) in [7, 11) is 2.02. The topological polar surface area (TPSA) is 46.3 Å². The third kappa shape index (κ3) is 3.47. The molecule has 3 nitrogen and oxygen atoms in total. The molecule has 2 aliphatic carbocycles. The van der Waals surface area contributed by atoms with Crippen LogP contribution in [0.25, 0.3) is 0 Å². The molecule has 0 aromatic rings. The number of amides is 1. The van der Waals surface area contributed by atoms with Crippen molar-refractivity contribution in [3.05, 3.63) is 0 Å². The van der Waals surface area contributed by atoms with Gasteiger partial charge in [-0.05, 0) is 38.5 Å². The van der Waals surface area contributed by atoms with Gasteiger partial charge in [-0.3, -0.25) is 4.79 Å². The highest BCUT2D eigenvalue weighted by molar-refractivity contribution is 5.79. The zero-order chi connectivity index (χ0) is 13.0. The van der Waals surface area contributed by atoms with Crippen molar-refractivity contribution in [3.63, 3.8) is 0 Å². The molecular weight excluding hydrogens is 224 g/mol. The summed E-state index contributed by atoms with van der Waals surface area (Å²) < 4.78 is 0. The predicted octanol–water partition coefficient (Wildman–Crippen LogP) is 2.69. The van der Waals surface area contributed by atoms with E-state index in [2.05, 4.69) is 4.90 Å². The van der Waals surface area contributed by atoms with Crippen molar-refractivity contribution in [1.82, 2.24) is 4.90 Å². The highest BCUT2D eigenvalue weighted by Crippen LogP contribution is 2.28. The molecule has 0 aliphatic heterocycles. The minimum Gasteiger partial charge on any atom is -0.343 e. The minimum atomic E-state index is 0.248. The molecule has 0 atom stereocenters. The number of rotatable bonds is 2. The Morgan fingerprint density at radius 3 is 2.06 bits per heavy atom. The second kappa shape index (κ2) is 6.55. The number of nitrogens with zero attached hydrogens (tertiary/aromatic N) is 1. The van der Waals surface area contributed by atoms with Gasteiger partial charge in [0.1, 0.15) is 0 Å². The number of carbonyl (C=O) groups excluding carboxylic acids is 1. The molecule has 2 aliphatic rings. The molecule has 2 fully saturated rings. The Kier molecular flexibility index (Phi) is 5.04. The van der Waals surface area contributed by atoms with Gasteiger partial charge in [0.15, 0.2) is 0 Å². The lowest BCUT2D eigenvalue weighted by atomic mass is 9.85. The van der Waals surface area contributed by atoms with Gasteiger partial charge >= 0.3 is 0 Å². The van der Waals surface area contributed by atoms with Gasteiger partial charge in [0.25, 0.3) is 0 Å². The summed E-state index contributed by atoms with van der Waals surface area (Å²) in [5.41, 5.74) is 5.91. The van der Waals surface area contributed by atoms with E-state index in [-0.39, 0.29) is 5.92 Å².